The Kier molecular flexibility index (Phi) is 9.49. The number of halogens is 26. The summed E-state index contributed by atoms with van der Waals surface area (Å²) in [6.07, 6.45) is -40.7. The third-order valence-corrected chi connectivity index (χ3v) is 6.38. The largest absolute Gasteiger partial charge is 0.603 e. The first-order chi connectivity index (χ1) is 17.1. The van der Waals surface area contributed by atoms with Gasteiger partial charge in [0.2, 0.25) is 0 Å². The van der Waals surface area contributed by atoms with E-state index in [0.29, 0.717) is 0 Å². The first kappa shape index (κ1) is 39.3. The maximum Gasteiger partial charge on any atom is 0.603 e. The second kappa shape index (κ2) is 9.91. The lowest BCUT2D eigenvalue weighted by molar-refractivity contribution is -0.472. The Morgan fingerprint density at radius 3 is 0.805 bits per heavy atom. The zero-order valence-corrected chi connectivity index (χ0v) is 18.1. The maximum atomic E-state index is 13.7. The van der Waals surface area contributed by atoms with E-state index >= 15 is 0 Å². The highest BCUT2D eigenvalue weighted by Gasteiger charge is 2.95. The summed E-state index contributed by atoms with van der Waals surface area (Å²) >= 11 is 0. The van der Waals surface area contributed by atoms with E-state index in [0.717, 1.165) is 0 Å². The molecule has 0 rings (SSSR count). The van der Waals surface area contributed by atoms with Gasteiger partial charge in [-0.1, -0.05) is 0 Å². The zero-order chi connectivity index (χ0) is 34.1. The Morgan fingerprint density at radius 1 is 0.293 bits per heavy atom. The molecule has 0 saturated heterocycles. The van der Waals surface area contributed by atoms with Gasteiger partial charge in [0.05, 0.1) is 0 Å². The van der Waals surface area contributed by atoms with Crippen LogP contribution in [0.25, 0.3) is 0 Å². The van der Waals surface area contributed by atoms with Crippen LogP contribution in [0.5, 0.6) is 0 Å². The SMILES string of the molecule is FC(F)(F)O[Si](OC(F)(F)F)(OC(F)(F)C(F)(F)C(F)(F)C(F)(F)C(F)(F)C(F)(F)C(F)(F)F)C(F)(F)C(F)(F)F. The fourth-order valence-electron chi connectivity index (χ4n) is 1.92. The molecule has 0 unspecified atom stereocenters. The molecular formula is C11F26O3Si. The summed E-state index contributed by atoms with van der Waals surface area (Å²) in [7, 11) is -10.5. The molecule has 0 heterocycles. The summed E-state index contributed by atoms with van der Waals surface area (Å²) in [4.78, 5) is 0. The van der Waals surface area contributed by atoms with E-state index in [1.54, 1.807) is 0 Å². The van der Waals surface area contributed by atoms with Crippen LogP contribution >= 0.6 is 0 Å². The minimum atomic E-state index is -10.5. The molecule has 41 heavy (non-hydrogen) atoms. The summed E-state index contributed by atoms with van der Waals surface area (Å²) in [5.74, 6) is -45.7. The second-order valence-corrected chi connectivity index (χ2v) is 9.07. The van der Waals surface area contributed by atoms with Crippen molar-refractivity contribution in [2.75, 3.05) is 0 Å². The molecule has 0 aromatic rings. The zero-order valence-electron chi connectivity index (χ0n) is 17.1. The third kappa shape index (κ3) is 6.46. The molecule has 0 aromatic carbocycles. The highest BCUT2D eigenvalue weighted by atomic mass is 28.4. The van der Waals surface area contributed by atoms with Crippen LogP contribution in [-0.2, 0) is 13.3 Å². The van der Waals surface area contributed by atoms with Crippen molar-refractivity contribution in [1.82, 2.24) is 0 Å². The second-order valence-electron chi connectivity index (χ2n) is 6.71. The normalized spacial score (nSPS) is 16.8. The van der Waals surface area contributed by atoms with Gasteiger partial charge in [-0.3, -0.25) is 8.85 Å². The molecule has 0 aromatic heterocycles. The van der Waals surface area contributed by atoms with Gasteiger partial charge in [0.25, 0.3) is 0 Å². The van der Waals surface area contributed by atoms with Gasteiger partial charge < -0.3 is 4.43 Å². The first-order valence-corrected chi connectivity index (χ1v) is 9.86. The highest BCUT2D eigenvalue weighted by Crippen LogP contribution is 2.63. The molecule has 0 N–H and O–H groups in total. The third-order valence-electron chi connectivity index (χ3n) is 3.80. The highest BCUT2D eigenvalue weighted by molar-refractivity contribution is 6.64. The van der Waals surface area contributed by atoms with Crippen molar-refractivity contribution in [2.45, 2.75) is 66.3 Å². The molecule has 0 bridgehead atoms. The van der Waals surface area contributed by atoms with E-state index in [4.69, 9.17) is 0 Å². The van der Waals surface area contributed by atoms with Gasteiger partial charge >= 0.3 is 75.1 Å². The van der Waals surface area contributed by atoms with E-state index < -0.39 is 75.1 Å². The standard InChI is InChI=1S/C11F26O3Si/c12-1(13,2(14,15)4(18,19)6(22,23)24)3(16,17)5(20,21)8(28,29)38-41(39-10(32,33)34,40-11(35,36)37)9(30,31)7(25,26)27. The summed E-state index contributed by atoms with van der Waals surface area (Å²) in [5, 5.41) is 0. The smallest absolute Gasteiger partial charge is 0.304 e. The summed E-state index contributed by atoms with van der Waals surface area (Å²) < 4.78 is 338. The van der Waals surface area contributed by atoms with Crippen LogP contribution in [0.4, 0.5) is 114 Å². The van der Waals surface area contributed by atoms with Crippen LogP contribution in [-0.4, -0.2) is 75.1 Å². The predicted molar refractivity (Wildman–Crippen MR) is 67.9 cm³/mol. The fraction of sp³-hybridized carbons (Fsp3) is 1.00. The van der Waals surface area contributed by atoms with Crippen molar-refractivity contribution in [3.8, 4) is 0 Å². The molecule has 0 saturated carbocycles. The van der Waals surface area contributed by atoms with E-state index in [-0.39, 0.29) is 0 Å². The van der Waals surface area contributed by atoms with Gasteiger partial charge in [-0.15, -0.1) is 26.3 Å². The average Bonchev–Trinajstić information content (AvgIpc) is 2.61. The molecule has 0 aliphatic heterocycles. The van der Waals surface area contributed by atoms with Crippen LogP contribution in [0.15, 0.2) is 0 Å². The molecule has 0 aliphatic carbocycles. The van der Waals surface area contributed by atoms with Gasteiger partial charge in [0.15, 0.2) is 0 Å². The van der Waals surface area contributed by atoms with Crippen LogP contribution in [0.3, 0.4) is 0 Å². The van der Waals surface area contributed by atoms with Gasteiger partial charge in [-0.2, -0.15) is 87.8 Å². The van der Waals surface area contributed by atoms with Crippen molar-refractivity contribution >= 4 is 8.80 Å². The van der Waals surface area contributed by atoms with E-state index in [1.165, 1.54) is 13.3 Å². The molecule has 0 radical (unpaired) electrons. The van der Waals surface area contributed by atoms with E-state index in [1.807, 2.05) is 0 Å². The monoisotopic (exact) mass is 702 g/mol. The Balaban J connectivity index is 7.53. The Bertz CT molecular complexity index is 905. The van der Waals surface area contributed by atoms with Crippen molar-refractivity contribution in [3.63, 3.8) is 0 Å². The Labute approximate surface area is 204 Å². The Morgan fingerprint density at radius 2 is 0.561 bits per heavy atom. The quantitative estimate of drug-likeness (QED) is 0.170. The number of alkyl halides is 26. The summed E-state index contributed by atoms with van der Waals surface area (Å²) in [6.45, 7) is 0. The van der Waals surface area contributed by atoms with Crippen LogP contribution < -0.4 is 0 Å². The van der Waals surface area contributed by atoms with E-state index in [9.17, 15) is 114 Å². The molecular weight excluding hydrogens is 702 g/mol. The van der Waals surface area contributed by atoms with Crippen molar-refractivity contribution in [2.24, 2.45) is 0 Å². The molecule has 0 aliphatic rings. The molecule has 0 atom stereocenters. The fourth-order valence-corrected chi connectivity index (χ4v) is 3.85. The van der Waals surface area contributed by atoms with Gasteiger partial charge in [0, 0.05) is 0 Å². The molecule has 0 amide bonds. The lowest BCUT2D eigenvalue weighted by Crippen LogP contribution is -2.76. The summed E-state index contributed by atoms with van der Waals surface area (Å²) in [6, 6.07) is 0. The van der Waals surface area contributed by atoms with Crippen LogP contribution in [0.2, 0.25) is 0 Å². The number of rotatable bonds is 10. The molecule has 248 valence electrons. The maximum absolute atomic E-state index is 13.7. The summed E-state index contributed by atoms with van der Waals surface area (Å²) in [5.41, 5.74) is -8.48. The number of hydrogen-bond donors (Lipinski definition) is 0. The minimum absolute atomic E-state index is 1.21. The molecule has 0 fully saturated rings. The van der Waals surface area contributed by atoms with Crippen LogP contribution in [0.1, 0.15) is 0 Å². The van der Waals surface area contributed by atoms with E-state index in [2.05, 4.69) is 0 Å². The van der Waals surface area contributed by atoms with Gasteiger partial charge in [-0.25, -0.2) is 0 Å². The van der Waals surface area contributed by atoms with Gasteiger partial charge in [0.1, 0.15) is 0 Å². The predicted octanol–water partition coefficient (Wildman–Crippen LogP) is 8.08. The Hall–Kier alpha value is -1.72. The van der Waals surface area contributed by atoms with Crippen molar-refractivity contribution < 1.29 is 127 Å². The van der Waals surface area contributed by atoms with Crippen molar-refractivity contribution in [1.29, 1.82) is 0 Å². The molecule has 3 nitrogen and oxygen atoms in total. The van der Waals surface area contributed by atoms with Gasteiger partial charge in [-0.05, 0) is 0 Å². The topological polar surface area (TPSA) is 27.7 Å². The lowest BCUT2D eigenvalue weighted by atomic mass is 9.93. The number of hydrogen-bond acceptors (Lipinski definition) is 3. The first-order valence-electron chi connectivity index (χ1n) is 8.14. The molecule has 30 heteroatoms. The molecule has 0 spiro atoms. The minimum Gasteiger partial charge on any atom is -0.304 e. The average molecular weight is 702 g/mol. The van der Waals surface area contributed by atoms with Crippen LogP contribution in [0, 0.1) is 0 Å². The van der Waals surface area contributed by atoms with Crippen molar-refractivity contribution in [3.05, 3.63) is 0 Å². The lowest BCUT2D eigenvalue weighted by Gasteiger charge is -2.43.